The minimum absolute atomic E-state index is 0.230. The van der Waals surface area contributed by atoms with E-state index >= 15 is 0 Å². The highest BCUT2D eigenvalue weighted by molar-refractivity contribution is 5.05. The summed E-state index contributed by atoms with van der Waals surface area (Å²) in [5.74, 6) is 0. The molecule has 0 aliphatic rings. The topological polar surface area (TPSA) is 62.3 Å². The Morgan fingerprint density at radius 1 is 1.39 bits per heavy atom. The predicted molar refractivity (Wildman–Crippen MR) is 71.5 cm³/mol. The van der Waals surface area contributed by atoms with Gasteiger partial charge in [-0.25, -0.2) is 0 Å². The highest BCUT2D eigenvalue weighted by atomic mass is 16.5. The number of rotatable bonds is 10. The van der Waals surface area contributed by atoms with Crippen LogP contribution in [0, 0.1) is 0 Å². The van der Waals surface area contributed by atoms with Crippen LogP contribution in [0.3, 0.4) is 0 Å². The maximum Gasteiger partial charge on any atom is 0.0662 e. The number of ether oxygens (including phenoxy) is 2. The van der Waals surface area contributed by atoms with Gasteiger partial charge in [0.1, 0.15) is 0 Å². The lowest BCUT2D eigenvalue weighted by Gasteiger charge is -2.05. The lowest BCUT2D eigenvalue weighted by molar-refractivity contribution is 0.0961. The van der Waals surface area contributed by atoms with E-state index in [-0.39, 0.29) is 6.04 Å². The van der Waals surface area contributed by atoms with Crippen molar-refractivity contribution in [3.63, 3.8) is 0 Å². The number of hydrogen-bond donors (Lipinski definition) is 1. The molecule has 0 saturated carbocycles. The maximum absolute atomic E-state index is 5.91. The Morgan fingerprint density at radius 3 is 2.94 bits per heavy atom. The monoisotopic (exact) mass is 255 g/mol. The molecule has 0 saturated heterocycles. The first kappa shape index (κ1) is 15.1. The normalized spacial score (nSPS) is 12.8. The molecule has 0 bridgehead atoms. The quantitative estimate of drug-likeness (QED) is 0.638. The van der Waals surface area contributed by atoms with Gasteiger partial charge >= 0.3 is 0 Å². The largest absolute Gasteiger partial charge is 0.385 e. The summed E-state index contributed by atoms with van der Waals surface area (Å²) >= 11 is 0. The van der Waals surface area contributed by atoms with Gasteiger partial charge in [-0.15, -0.1) is 0 Å². The van der Waals surface area contributed by atoms with Crippen LogP contribution in [0.25, 0.3) is 0 Å². The van der Waals surface area contributed by atoms with Gasteiger partial charge in [0.05, 0.1) is 19.3 Å². The highest BCUT2D eigenvalue weighted by Crippen LogP contribution is 2.03. The third kappa shape index (κ3) is 6.14. The Balaban J connectivity index is 2.15. The molecule has 1 unspecified atom stereocenters. The van der Waals surface area contributed by atoms with Gasteiger partial charge in [-0.3, -0.25) is 4.68 Å². The van der Waals surface area contributed by atoms with Crippen LogP contribution in [0.4, 0.5) is 0 Å². The molecule has 0 fully saturated rings. The molecule has 18 heavy (non-hydrogen) atoms. The van der Waals surface area contributed by atoms with Crippen molar-refractivity contribution in [1.29, 1.82) is 0 Å². The fourth-order valence-electron chi connectivity index (χ4n) is 1.65. The third-order valence-electron chi connectivity index (χ3n) is 2.81. The number of methoxy groups -OCH3 is 1. The minimum Gasteiger partial charge on any atom is -0.385 e. The van der Waals surface area contributed by atoms with Gasteiger partial charge in [0, 0.05) is 32.6 Å². The van der Waals surface area contributed by atoms with E-state index in [1.54, 1.807) is 7.11 Å². The summed E-state index contributed by atoms with van der Waals surface area (Å²) in [4.78, 5) is 0. The smallest absolute Gasteiger partial charge is 0.0662 e. The molecule has 1 atom stereocenters. The zero-order valence-electron chi connectivity index (χ0n) is 11.5. The molecule has 0 radical (unpaired) electrons. The predicted octanol–water partition coefficient (Wildman–Crippen LogP) is 1.22. The average Bonchev–Trinajstić information content (AvgIpc) is 2.81. The molecule has 0 aromatic carbocycles. The lowest BCUT2D eigenvalue weighted by atomic mass is 10.1. The van der Waals surface area contributed by atoms with Crippen LogP contribution in [-0.4, -0.2) is 42.8 Å². The summed E-state index contributed by atoms with van der Waals surface area (Å²) in [6.45, 7) is 5.06. The van der Waals surface area contributed by atoms with Crippen molar-refractivity contribution in [3.8, 4) is 0 Å². The van der Waals surface area contributed by atoms with E-state index in [1.165, 1.54) is 5.56 Å². The summed E-state index contributed by atoms with van der Waals surface area (Å²) in [6.07, 6.45) is 6.76. The number of nitrogens with two attached hydrogens (primary N) is 1. The van der Waals surface area contributed by atoms with Crippen LogP contribution >= 0.6 is 0 Å². The van der Waals surface area contributed by atoms with Gasteiger partial charge in [-0.05, 0) is 24.8 Å². The van der Waals surface area contributed by atoms with Crippen LogP contribution in [0.1, 0.15) is 25.3 Å². The zero-order valence-corrected chi connectivity index (χ0v) is 11.5. The molecular formula is C13H25N3O2. The van der Waals surface area contributed by atoms with E-state index in [2.05, 4.69) is 12.0 Å². The summed E-state index contributed by atoms with van der Waals surface area (Å²) in [5, 5.41) is 4.29. The molecule has 5 nitrogen and oxygen atoms in total. The van der Waals surface area contributed by atoms with Crippen LogP contribution in [0.15, 0.2) is 12.4 Å². The molecule has 104 valence electrons. The number of aromatic nitrogens is 2. The van der Waals surface area contributed by atoms with E-state index in [1.807, 2.05) is 17.1 Å². The van der Waals surface area contributed by atoms with Crippen molar-refractivity contribution >= 4 is 0 Å². The first-order valence-electron chi connectivity index (χ1n) is 6.59. The second kappa shape index (κ2) is 9.08. The van der Waals surface area contributed by atoms with E-state index in [9.17, 15) is 0 Å². The first-order chi connectivity index (χ1) is 8.76. The Bertz CT molecular complexity index is 315. The molecule has 1 aromatic heterocycles. The van der Waals surface area contributed by atoms with Gasteiger partial charge in [0.2, 0.25) is 0 Å². The van der Waals surface area contributed by atoms with Gasteiger partial charge in [0.25, 0.3) is 0 Å². The molecule has 0 aliphatic carbocycles. The van der Waals surface area contributed by atoms with Crippen molar-refractivity contribution < 1.29 is 9.47 Å². The fraction of sp³-hybridized carbons (Fsp3) is 0.769. The van der Waals surface area contributed by atoms with Crippen molar-refractivity contribution in [2.75, 3.05) is 26.9 Å². The minimum atomic E-state index is 0.230. The van der Waals surface area contributed by atoms with Crippen molar-refractivity contribution in [3.05, 3.63) is 18.0 Å². The van der Waals surface area contributed by atoms with Crippen molar-refractivity contribution in [1.82, 2.24) is 9.78 Å². The summed E-state index contributed by atoms with van der Waals surface area (Å²) < 4.78 is 12.3. The molecule has 0 amide bonds. The van der Waals surface area contributed by atoms with E-state index in [0.29, 0.717) is 6.61 Å². The summed E-state index contributed by atoms with van der Waals surface area (Å²) in [5.41, 5.74) is 7.11. The van der Waals surface area contributed by atoms with E-state index in [0.717, 1.165) is 39.0 Å². The summed E-state index contributed by atoms with van der Waals surface area (Å²) in [6, 6.07) is 0.230. The van der Waals surface area contributed by atoms with E-state index < -0.39 is 0 Å². The van der Waals surface area contributed by atoms with Gasteiger partial charge < -0.3 is 15.2 Å². The van der Waals surface area contributed by atoms with Crippen LogP contribution in [-0.2, 0) is 22.4 Å². The lowest BCUT2D eigenvalue weighted by Crippen LogP contribution is -2.21. The second-order valence-corrected chi connectivity index (χ2v) is 4.44. The molecular weight excluding hydrogens is 230 g/mol. The molecule has 2 N–H and O–H groups in total. The van der Waals surface area contributed by atoms with Crippen LogP contribution < -0.4 is 5.73 Å². The molecule has 0 spiro atoms. The Kier molecular flexibility index (Phi) is 7.64. The molecule has 1 rings (SSSR count). The SMILES string of the molecule is CCC(N)Cc1cnn(CCOCCCOC)c1. The maximum atomic E-state index is 5.91. The molecule has 1 heterocycles. The van der Waals surface area contributed by atoms with Crippen LogP contribution in [0.5, 0.6) is 0 Å². The van der Waals surface area contributed by atoms with Crippen LogP contribution in [0.2, 0.25) is 0 Å². The van der Waals surface area contributed by atoms with Gasteiger partial charge in [-0.2, -0.15) is 5.10 Å². The van der Waals surface area contributed by atoms with E-state index in [4.69, 9.17) is 15.2 Å². The highest BCUT2D eigenvalue weighted by Gasteiger charge is 2.03. The fourth-order valence-corrected chi connectivity index (χ4v) is 1.65. The third-order valence-corrected chi connectivity index (χ3v) is 2.81. The summed E-state index contributed by atoms with van der Waals surface area (Å²) in [7, 11) is 1.70. The number of nitrogens with zero attached hydrogens (tertiary/aromatic N) is 2. The standard InChI is InChI=1S/C13H25N3O2/c1-3-13(14)9-12-10-15-16(11-12)5-8-18-7-4-6-17-2/h10-11,13H,3-9,14H2,1-2H3. The molecule has 5 heteroatoms. The molecule has 1 aromatic rings. The Labute approximate surface area is 109 Å². The Hall–Kier alpha value is -0.910. The second-order valence-electron chi connectivity index (χ2n) is 4.44. The first-order valence-corrected chi connectivity index (χ1v) is 6.59. The van der Waals surface area contributed by atoms with Gasteiger partial charge in [-0.1, -0.05) is 6.92 Å². The van der Waals surface area contributed by atoms with Crippen molar-refractivity contribution in [2.45, 2.75) is 38.8 Å². The average molecular weight is 255 g/mol. The Morgan fingerprint density at radius 2 is 2.22 bits per heavy atom. The molecule has 0 aliphatic heterocycles. The number of hydrogen-bond acceptors (Lipinski definition) is 4. The zero-order chi connectivity index (χ0) is 13.2. The van der Waals surface area contributed by atoms with Crippen molar-refractivity contribution in [2.24, 2.45) is 5.73 Å². The van der Waals surface area contributed by atoms with Gasteiger partial charge in [0.15, 0.2) is 0 Å².